The van der Waals surface area contributed by atoms with E-state index in [1.165, 1.54) is 12.0 Å². The first kappa shape index (κ1) is 8.79. The van der Waals surface area contributed by atoms with Crippen LogP contribution in [0.1, 0.15) is 39.0 Å². The molecule has 1 aliphatic carbocycles. The highest BCUT2D eigenvalue weighted by atomic mass is 16.3. The van der Waals surface area contributed by atoms with Gasteiger partial charge >= 0.3 is 0 Å². The summed E-state index contributed by atoms with van der Waals surface area (Å²) in [5.74, 6) is 0.720. The van der Waals surface area contributed by atoms with E-state index < -0.39 is 0 Å². The zero-order valence-corrected chi connectivity index (χ0v) is 7.34. The van der Waals surface area contributed by atoms with E-state index in [2.05, 4.69) is 13.5 Å². The fourth-order valence-corrected chi connectivity index (χ4v) is 1.79. The Morgan fingerprint density at radius 3 is 2.73 bits per heavy atom. The Morgan fingerprint density at radius 1 is 1.55 bits per heavy atom. The maximum Gasteiger partial charge on any atom is 0.0543 e. The second-order valence-electron chi connectivity index (χ2n) is 3.64. The molecule has 0 amide bonds. The monoisotopic (exact) mass is 154 g/mol. The first-order chi connectivity index (χ1) is 5.22. The number of allylic oxidation sites excluding steroid dienone is 1. The Bertz CT molecular complexity index is 140. The van der Waals surface area contributed by atoms with E-state index in [4.69, 9.17) is 0 Å². The van der Waals surface area contributed by atoms with Crippen molar-refractivity contribution >= 4 is 0 Å². The number of hydrogen-bond donors (Lipinski definition) is 1. The Kier molecular flexibility index (Phi) is 3.13. The van der Waals surface area contributed by atoms with Gasteiger partial charge in [0.1, 0.15) is 0 Å². The molecule has 0 aliphatic heterocycles. The molecule has 1 nitrogen and oxygen atoms in total. The molecule has 0 aromatic carbocycles. The molecule has 1 aliphatic rings. The van der Waals surface area contributed by atoms with Crippen LogP contribution in [0.25, 0.3) is 0 Å². The third-order valence-corrected chi connectivity index (χ3v) is 2.59. The molecule has 0 saturated heterocycles. The third kappa shape index (κ3) is 2.66. The smallest absolute Gasteiger partial charge is 0.0543 e. The summed E-state index contributed by atoms with van der Waals surface area (Å²) in [5, 5.41) is 9.26. The summed E-state index contributed by atoms with van der Waals surface area (Å²) < 4.78 is 0. The minimum atomic E-state index is -0.0235. The van der Waals surface area contributed by atoms with Crippen molar-refractivity contribution in [1.82, 2.24) is 0 Å². The first-order valence-corrected chi connectivity index (χ1v) is 4.57. The van der Waals surface area contributed by atoms with Gasteiger partial charge in [0.2, 0.25) is 0 Å². The Labute approximate surface area is 69.1 Å². The fraction of sp³-hybridized carbons (Fsp3) is 0.800. The lowest BCUT2D eigenvalue weighted by Crippen LogP contribution is -2.00. The average molecular weight is 154 g/mol. The highest BCUT2D eigenvalue weighted by molar-refractivity contribution is 4.96. The van der Waals surface area contributed by atoms with Crippen molar-refractivity contribution in [2.24, 2.45) is 5.92 Å². The van der Waals surface area contributed by atoms with Gasteiger partial charge in [0, 0.05) is 0 Å². The summed E-state index contributed by atoms with van der Waals surface area (Å²) >= 11 is 0. The Balaban J connectivity index is 2.23. The second kappa shape index (κ2) is 3.91. The van der Waals surface area contributed by atoms with E-state index in [1.54, 1.807) is 0 Å². The van der Waals surface area contributed by atoms with Gasteiger partial charge in [-0.05, 0) is 38.0 Å². The van der Waals surface area contributed by atoms with E-state index in [9.17, 15) is 5.11 Å². The zero-order chi connectivity index (χ0) is 8.27. The molecule has 1 N–H and O–H groups in total. The summed E-state index contributed by atoms with van der Waals surface area (Å²) in [7, 11) is 0. The molecule has 1 rings (SSSR count). The van der Waals surface area contributed by atoms with Crippen molar-refractivity contribution < 1.29 is 5.11 Å². The summed E-state index contributed by atoms with van der Waals surface area (Å²) in [6.45, 7) is 6.13. The highest BCUT2D eigenvalue weighted by Gasteiger charge is 2.22. The summed E-state index contributed by atoms with van der Waals surface area (Å²) in [5.41, 5.74) is 1.34. The maximum atomic E-state index is 9.26. The second-order valence-corrected chi connectivity index (χ2v) is 3.64. The summed E-state index contributed by atoms with van der Waals surface area (Å²) in [6, 6.07) is 0. The van der Waals surface area contributed by atoms with Crippen molar-refractivity contribution in [1.29, 1.82) is 0 Å². The summed E-state index contributed by atoms with van der Waals surface area (Å²) in [4.78, 5) is 0. The molecule has 0 heterocycles. The largest absolute Gasteiger partial charge is 0.393 e. The predicted octanol–water partition coefficient (Wildman–Crippen LogP) is 2.50. The molecular formula is C10H18O. The van der Waals surface area contributed by atoms with Crippen molar-refractivity contribution in [3.8, 4) is 0 Å². The highest BCUT2D eigenvalue weighted by Crippen LogP contribution is 2.30. The number of aliphatic hydroxyl groups is 1. The van der Waals surface area contributed by atoms with E-state index in [0.717, 1.165) is 31.6 Å². The zero-order valence-electron chi connectivity index (χ0n) is 7.34. The van der Waals surface area contributed by atoms with E-state index in [1.807, 2.05) is 0 Å². The van der Waals surface area contributed by atoms with Crippen LogP contribution in [-0.4, -0.2) is 11.2 Å². The molecule has 1 fully saturated rings. The molecular weight excluding hydrogens is 136 g/mol. The molecule has 0 aromatic rings. The number of aliphatic hydroxyl groups excluding tert-OH is 1. The van der Waals surface area contributed by atoms with E-state index in [-0.39, 0.29) is 6.10 Å². The van der Waals surface area contributed by atoms with Gasteiger partial charge in [0.25, 0.3) is 0 Å². The molecule has 1 heteroatoms. The molecule has 0 aromatic heterocycles. The van der Waals surface area contributed by atoms with Gasteiger partial charge in [-0.2, -0.15) is 0 Å². The van der Waals surface area contributed by atoms with Crippen LogP contribution in [0.3, 0.4) is 0 Å². The molecule has 0 spiro atoms. The molecule has 2 unspecified atom stereocenters. The number of hydrogen-bond acceptors (Lipinski definition) is 1. The lowest BCUT2D eigenvalue weighted by atomic mass is 9.97. The van der Waals surface area contributed by atoms with Gasteiger partial charge in [0.15, 0.2) is 0 Å². The van der Waals surface area contributed by atoms with Crippen molar-refractivity contribution in [3.05, 3.63) is 12.2 Å². The molecule has 2 atom stereocenters. The van der Waals surface area contributed by atoms with Crippen molar-refractivity contribution in [3.63, 3.8) is 0 Å². The summed E-state index contributed by atoms with van der Waals surface area (Å²) in [6.07, 6.45) is 5.39. The molecule has 0 radical (unpaired) electrons. The van der Waals surface area contributed by atoms with Gasteiger partial charge < -0.3 is 5.11 Å². The van der Waals surface area contributed by atoms with E-state index in [0.29, 0.717) is 0 Å². The Morgan fingerprint density at radius 2 is 2.27 bits per heavy atom. The standard InChI is InChI=1S/C10H18O/c1-3-8(2)6-9-4-5-10(11)7-9/h9-11H,2-7H2,1H3. The SMILES string of the molecule is C=C(CC)CC1CCC(O)C1. The lowest BCUT2D eigenvalue weighted by Gasteiger charge is -2.09. The van der Waals surface area contributed by atoms with Gasteiger partial charge in [-0.1, -0.05) is 19.1 Å². The van der Waals surface area contributed by atoms with Crippen LogP contribution in [0.5, 0.6) is 0 Å². The first-order valence-electron chi connectivity index (χ1n) is 4.57. The van der Waals surface area contributed by atoms with Crippen molar-refractivity contribution in [2.45, 2.75) is 45.1 Å². The molecule has 1 saturated carbocycles. The van der Waals surface area contributed by atoms with Crippen molar-refractivity contribution in [2.75, 3.05) is 0 Å². The van der Waals surface area contributed by atoms with E-state index >= 15 is 0 Å². The van der Waals surface area contributed by atoms with Crippen LogP contribution in [0.4, 0.5) is 0 Å². The van der Waals surface area contributed by atoms with Crippen LogP contribution < -0.4 is 0 Å². The van der Waals surface area contributed by atoms with Crippen LogP contribution in [0.2, 0.25) is 0 Å². The van der Waals surface area contributed by atoms with Gasteiger partial charge in [-0.25, -0.2) is 0 Å². The van der Waals surface area contributed by atoms with Gasteiger partial charge in [0.05, 0.1) is 6.10 Å². The molecule has 11 heavy (non-hydrogen) atoms. The molecule has 0 bridgehead atoms. The van der Waals surface area contributed by atoms with Crippen LogP contribution in [-0.2, 0) is 0 Å². The minimum Gasteiger partial charge on any atom is -0.393 e. The van der Waals surface area contributed by atoms with Gasteiger partial charge in [-0.15, -0.1) is 0 Å². The van der Waals surface area contributed by atoms with Crippen LogP contribution in [0.15, 0.2) is 12.2 Å². The topological polar surface area (TPSA) is 20.2 Å². The quantitative estimate of drug-likeness (QED) is 0.619. The number of rotatable bonds is 3. The lowest BCUT2D eigenvalue weighted by molar-refractivity contribution is 0.177. The Hall–Kier alpha value is -0.300. The van der Waals surface area contributed by atoms with Crippen LogP contribution in [0, 0.1) is 5.92 Å². The average Bonchev–Trinajstić information content (AvgIpc) is 2.35. The molecule has 64 valence electrons. The predicted molar refractivity (Wildman–Crippen MR) is 47.4 cm³/mol. The fourth-order valence-electron chi connectivity index (χ4n) is 1.79. The third-order valence-electron chi connectivity index (χ3n) is 2.59. The normalized spacial score (nSPS) is 30.7. The maximum absolute atomic E-state index is 9.26. The van der Waals surface area contributed by atoms with Gasteiger partial charge in [-0.3, -0.25) is 0 Å². The van der Waals surface area contributed by atoms with Crippen LogP contribution >= 0.6 is 0 Å². The minimum absolute atomic E-state index is 0.0235.